The van der Waals surface area contributed by atoms with E-state index in [1.54, 1.807) is 21.3 Å². The minimum absolute atomic E-state index is 0. The second-order valence-electron chi connectivity index (χ2n) is 5.98. The molecular formula is C15H28ClNO3Si. The fourth-order valence-electron chi connectivity index (χ4n) is 3.06. The zero-order chi connectivity index (χ0) is 15.4. The van der Waals surface area contributed by atoms with Gasteiger partial charge in [-0.2, -0.15) is 0 Å². The highest BCUT2D eigenvalue weighted by Gasteiger charge is 2.52. The predicted octanol–water partition coefficient (Wildman–Crippen LogP) is -0.294. The van der Waals surface area contributed by atoms with Gasteiger partial charge in [0.2, 0.25) is 0 Å². The normalized spacial score (nSPS) is 15.2. The van der Waals surface area contributed by atoms with E-state index in [1.165, 1.54) is 5.56 Å². The van der Waals surface area contributed by atoms with E-state index in [4.69, 9.17) is 13.3 Å². The molecule has 0 aliphatic carbocycles. The van der Waals surface area contributed by atoms with Crippen molar-refractivity contribution in [1.29, 1.82) is 0 Å². The van der Waals surface area contributed by atoms with Gasteiger partial charge in [0, 0.05) is 26.9 Å². The number of rotatable bonds is 7. The second kappa shape index (κ2) is 8.27. The van der Waals surface area contributed by atoms with E-state index in [1.807, 2.05) is 6.07 Å². The Kier molecular flexibility index (Phi) is 8.10. The summed E-state index contributed by atoms with van der Waals surface area (Å²) in [7, 11) is 8.90. The zero-order valence-corrected chi connectivity index (χ0v) is 15.8. The summed E-state index contributed by atoms with van der Waals surface area (Å²) < 4.78 is 17.8. The van der Waals surface area contributed by atoms with Crippen LogP contribution < -0.4 is 12.4 Å². The van der Waals surface area contributed by atoms with Crippen LogP contribution in [0.1, 0.15) is 18.5 Å². The van der Waals surface area contributed by atoms with E-state index in [-0.39, 0.29) is 24.0 Å². The lowest BCUT2D eigenvalue weighted by atomic mass is 10.0. The van der Waals surface area contributed by atoms with Gasteiger partial charge >= 0.3 is 8.80 Å². The van der Waals surface area contributed by atoms with Crippen molar-refractivity contribution in [1.82, 2.24) is 0 Å². The van der Waals surface area contributed by atoms with Gasteiger partial charge < -0.3 is 30.2 Å². The maximum Gasteiger partial charge on any atom is 0.509 e. The minimum Gasteiger partial charge on any atom is -1.00 e. The van der Waals surface area contributed by atoms with Crippen molar-refractivity contribution in [2.24, 2.45) is 0 Å². The first-order chi connectivity index (χ1) is 9.32. The van der Waals surface area contributed by atoms with Crippen LogP contribution in [-0.4, -0.2) is 55.8 Å². The van der Waals surface area contributed by atoms with Gasteiger partial charge in [-0.3, -0.25) is 0 Å². The number of nitrogens with zero attached hydrogens (tertiary/aromatic N) is 1. The monoisotopic (exact) mass is 333 g/mol. The summed E-state index contributed by atoms with van der Waals surface area (Å²) in [6.45, 7) is 2.16. The van der Waals surface area contributed by atoms with E-state index in [2.05, 4.69) is 52.3 Å². The van der Waals surface area contributed by atoms with Crippen LogP contribution in [0.15, 0.2) is 30.3 Å². The number of benzene rings is 1. The van der Waals surface area contributed by atoms with Crippen LogP contribution in [0.4, 0.5) is 0 Å². The van der Waals surface area contributed by atoms with Crippen molar-refractivity contribution in [3.05, 3.63) is 35.9 Å². The molecule has 0 radical (unpaired) electrons. The van der Waals surface area contributed by atoms with Crippen LogP contribution >= 0.6 is 0 Å². The van der Waals surface area contributed by atoms with Crippen molar-refractivity contribution >= 4 is 8.80 Å². The third-order valence-corrected chi connectivity index (χ3v) is 7.00. The fourth-order valence-corrected chi connectivity index (χ4v) is 5.70. The van der Waals surface area contributed by atoms with Crippen LogP contribution in [0, 0.1) is 0 Å². The molecule has 122 valence electrons. The fraction of sp³-hybridized carbons (Fsp3) is 0.600. The van der Waals surface area contributed by atoms with Gasteiger partial charge in [-0.1, -0.05) is 37.3 Å². The van der Waals surface area contributed by atoms with Crippen molar-refractivity contribution in [2.75, 3.05) is 42.5 Å². The first-order valence-corrected chi connectivity index (χ1v) is 8.64. The number of quaternary nitrogens is 1. The highest BCUT2D eigenvalue weighted by molar-refractivity contribution is 6.62. The zero-order valence-electron chi connectivity index (χ0n) is 14.1. The van der Waals surface area contributed by atoms with Gasteiger partial charge in [-0.25, -0.2) is 0 Å². The quantitative estimate of drug-likeness (QED) is 0.507. The Hall–Kier alpha value is -0.433. The molecule has 0 aliphatic heterocycles. The van der Waals surface area contributed by atoms with Crippen molar-refractivity contribution in [2.45, 2.75) is 18.5 Å². The third-order valence-electron chi connectivity index (χ3n) is 3.86. The Morgan fingerprint density at radius 1 is 0.905 bits per heavy atom. The predicted molar refractivity (Wildman–Crippen MR) is 83.4 cm³/mol. The average molecular weight is 334 g/mol. The molecular weight excluding hydrogens is 306 g/mol. The van der Waals surface area contributed by atoms with Crippen molar-refractivity contribution < 1.29 is 30.2 Å². The Bertz CT molecular complexity index is 399. The molecule has 4 nitrogen and oxygen atoms in total. The topological polar surface area (TPSA) is 27.7 Å². The highest BCUT2D eigenvalue weighted by atomic mass is 35.5. The van der Waals surface area contributed by atoms with E-state index >= 15 is 0 Å². The van der Waals surface area contributed by atoms with E-state index < -0.39 is 8.80 Å². The van der Waals surface area contributed by atoms with Gasteiger partial charge in [0.15, 0.2) is 0 Å². The standard InChI is InChI=1S/C15H28NO3Si.ClH/c1-13(20(17-5,18-6)19-7)15(16(2,3)4)14-11-9-8-10-12-14;/h8-13,15H,1-7H3;1H/q+1;/p-1. The number of halogens is 1. The number of hydrogen-bond donors (Lipinski definition) is 0. The average Bonchev–Trinajstić information content (AvgIpc) is 2.41. The van der Waals surface area contributed by atoms with Crippen LogP contribution in [0.5, 0.6) is 0 Å². The van der Waals surface area contributed by atoms with Gasteiger partial charge in [-0.15, -0.1) is 0 Å². The van der Waals surface area contributed by atoms with E-state index in [0.29, 0.717) is 0 Å². The Labute approximate surface area is 136 Å². The SMILES string of the molecule is CO[Si](OC)(OC)C(C)C(c1ccccc1)[N+](C)(C)C.[Cl-]. The molecule has 6 heteroatoms. The summed E-state index contributed by atoms with van der Waals surface area (Å²) in [5.41, 5.74) is 1.42. The van der Waals surface area contributed by atoms with Gasteiger partial charge in [0.05, 0.1) is 26.7 Å². The molecule has 0 saturated carbocycles. The molecule has 1 aromatic rings. The van der Waals surface area contributed by atoms with Crippen molar-refractivity contribution in [3.8, 4) is 0 Å². The Morgan fingerprint density at radius 2 is 1.33 bits per heavy atom. The largest absolute Gasteiger partial charge is 1.00 e. The second-order valence-corrected chi connectivity index (χ2v) is 9.32. The van der Waals surface area contributed by atoms with Crippen LogP contribution in [0.3, 0.4) is 0 Å². The molecule has 0 saturated heterocycles. The molecule has 0 aliphatic rings. The van der Waals surface area contributed by atoms with E-state index in [0.717, 1.165) is 4.48 Å². The maximum atomic E-state index is 5.68. The smallest absolute Gasteiger partial charge is 0.509 e. The number of hydrogen-bond acceptors (Lipinski definition) is 3. The highest BCUT2D eigenvalue weighted by Crippen LogP contribution is 2.41. The summed E-state index contributed by atoms with van der Waals surface area (Å²) in [5.74, 6) is 0. The molecule has 0 bridgehead atoms. The third kappa shape index (κ3) is 4.52. The molecule has 2 unspecified atom stereocenters. The lowest BCUT2D eigenvalue weighted by Gasteiger charge is -2.42. The van der Waals surface area contributed by atoms with Crippen LogP contribution in [0.2, 0.25) is 5.54 Å². The minimum atomic E-state index is -2.69. The first-order valence-electron chi connectivity index (χ1n) is 6.84. The van der Waals surface area contributed by atoms with Gasteiger partial charge in [0.1, 0.15) is 6.04 Å². The molecule has 0 heterocycles. The molecule has 21 heavy (non-hydrogen) atoms. The Balaban J connectivity index is 0.00000400. The Morgan fingerprint density at radius 3 is 1.67 bits per heavy atom. The molecule has 2 atom stereocenters. The molecule has 1 aromatic carbocycles. The summed E-state index contributed by atoms with van der Waals surface area (Å²) in [5, 5.41) is 0. The summed E-state index contributed by atoms with van der Waals surface area (Å²) in [4.78, 5) is 0. The summed E-state index contributed by atoms with van der Waals surface area (Å²) >= 11 is 0. The lowest BCUT2D eigenvalue weighted by molar-refractivity contribution is -0.902. The van der Waals surface area contributed by atoms with Crippen LogP contribution in [-0.2, 0) is 13.3 Å². The maximum absolute atomic E-state index is 5.68. The van der Waals surface area contributed by atoms with Gasteiger partial charge in [0.25, 0.3) is 0 Å². The molecule has 0 fully saturated rings. The van der Waals surface area contributed by atoms with Crippen molar-refractivity contribution in [3.63, 3.8) is 0 Å². The molecule has 1 rings (SSSR count). The molecule has 0 amide bonds. The summed E-state index contributed by atoms with van der Waals surface area (Å²) in [6.07, 6.45) is 0. The first kappa shape index (κ1) is 20.6. The lowest BCUT2D eigenvalue weighted by Crippen LogP contribution is -3.00. The summed E-state index contributed by atoms with van der Waals surface area (Å²) in [6, 6.07) is 10.7. The molecule has 0 aromatic heterocycles. The molecule has 0 N–H and O–H groups in total. The molecule has 0 spiro atoms. The van der Waals surface area contributed by atoms with Crippen LogP contribution in [0.25, 0.3) is 0 Å². The van der Waals surface area contributed by atoms with E-state index in [9.17, 15) is 0 Å². The van der Waals surface area contributed by atoms with Gasteiger partial charge in [-0.05, 0) is 0 Å².